The second-order valence-electron chi connectivity index (χ2n) is 9.25. The maximum absolute atomic E-state index is 11.5. The van der Waals surface area contributed by atoms with Crippen molar-refractivity contribution in [3.8, 4) is 0 Å². The van der Waals surface area contributed by atoms with Crippen LogP contribution in [0.1, 0.15) is 65.2 Å². The Labute approximate surface area is 188 Å². The molecule has 1 heterocycles. The van der Waals surface area contributed by atoms with Crippen LogP contribution >= 0.6 is 11.6 Å². The normalized spacial score (nSPS) is 31.3. The quantitative estimate of drug-likeness (QED) is 0.173. The zero-order valence-corrected chi connectivity index (χ0v) is 19.0. The molecule has 0 bridgehead atoms. The van der Waals surface area contributed by atoms with Crippen molar-refractivity contribution >= 4 is 17.6 Å². The Morgan fingerprint density at radius 2 is 2.19 bits per heavy atom. The minimum Gasteiger partial charge on any atom is -0.506 e. The van der Waals surface area contributed by atoms with Crippen molar-refractivity contribution in [2.45, 2.75) is 83.0 Å². The van der Waals surface area contributed by atoms with Crippen LogP contribution in [0.25, 0.3) is 0 Å². The van der Waals surface area contributed by atoms with Gasteiger partial charge < -0.3 is 14.6 Å². The number of halogens is 1. The number of esters is 1. The van der Waals surface area contributed by atoms with Gasteiger partial charge in [-0.3, -0.25) is 14.9 Å². The van der Waals surface area contributed by atoms with E-state index in [4.69, 9.17) is 21.1 Å². The number of rotatable bonds is 8. The molecule has 2 aliphatic carbocycles. The van der Waals surface area contributed by atoms with E-state index in [-0.39, 0.29) is 59.4 Å². The first-order chi connectivity index (χ1) is 14.6. The van der Waals surface area contributed by atoms with Crippen LogP contribution in [-0.4, -0.2) is 33.8 Å². The number of aliphatic hydroxyl groups excluding tert-OH is 1. The first kappa shape index (κ1) is 23.8. The molecule has 8 heteroatoms. The van der Waals surface area contributed by atoms with Crippen molar-refractivity contribution < 1.29 is 24.3 Å². The van der Waals surface area contributed by atoms with Gasteiger partial charge in [0, 0.05) is 31.2 Å². The number of ether oxygens (including phenoxy) is 2. The molecule has 1 aliphatic heterocycles. The maximum Gasteiger partial charge on any atom is 0.302 e. The highest BCUT2D eigenvalue weighted by Crippen LogP contribution is 2.51. The molecule has 3 aliphatic rings. The number of carbonyl (C=O) groups is 1. The number of allylic oxidation sites excluding steroid dienone is 5. The SMILES string of the molecule is C=CC(C/C(=C(\C)O)[N+](=O)[O-])CC1CC([C@H]2C[C@@H](OC(C)=O)CC3(CC3)O2)CC=C1Cl. The summed E-state index contributed by atoms with van der Waals surface area (Å²) >= 11 is 6.54. The predicted octanol–water partition coefficient (Wildman–Crippen LogP) is 5.43. The van der Waals surface area contributed by atoms with Crippen LogP contribution in [0.5, 0.6) is 0 Å². The molecule has 0 aromatic carbocycles. The van der Waals surface area contributed by atoms with Crippen LogP contribution in [0.3, 0.4) is 0 Å². The largest absolute Gasteiger partial charge is 0.506 e. The van der Waals surface area contributed by atoms with Gasteiger partial charge in [-0.2, -0.15) is 0 Å². The number of hydrogen-bond acceptors (Lipinski definition) is 6. The van der Waals surface area contributed by atoms with E-state index in [0.29, 0.717) is 12.8 Å². The summed E-state index contributed by atoms with van der Waals surface area (Å²) in [5.41, 5.74) is -0.329. The van der Waals surface area contributed by atoms with Gasteiger partial charge in [0.05, 0.1) is 16.6 Å². The van der Waals surface area contributed by atoms with Crippen molar-refractivity contribution in [3.63, 3.8) is 0 Å². The summed E-state index contributed by atoms with van der Waals surface area (Å²) in [5, 5.41) is 21.7. The second kappa shape index (κ2) is 9.74. The third kappa shape index (κ3) is 6.10. The van der Waals surface area contributed by atoms with Gasteiger partial charge in [0.2, 0.25) is 0 Å². The molecule has 1 saturated carbocycles. The molecular weight excluding hydrogens is 422 g/mol. The Balaban J connectivity index is 1.67. The minimum atomic E-state index is -0.535. The van der Waals surface area contributed by atoms with E-state index < -0.39 is 4.92 Å². The van der Waals surface area contributed by atoms with Gasteiger partial charge in [-0.15, -0.1) is 6.58 Å². The van der Waals surface area contributed by atoms with Crippen LogP contribution in [0.4, 0.5) is 0 Å². The highest BCUT2D eigenvalue weighted by molar-refractivity contribution is 6.29. The molecule has 3 unspecified atom stereocenters. The van der Waals surface area contributed by atoms with Gasteiger partial charge in [-0.1, -0.05) is 23.8 Å². The maximum atomic E-state index is 11.5. The molecule has 0 aromatic heterocycles. The molecule has 1 saturated heterocycles. The molecule has 5 atom stereocenters. The highest BCUT2D eigenvalue weighted by Gasteiger charge is 2.53. The van der Waals surface area contributed by atoms with E-state index in [9.17, 15) is 20.0 Å². The zero-order chi connectivity index (χ0) is 22.8. The number of nitro groups is 1. The van der Waals surface area contributed by atoms with Crippen LogP contribution in [0.15, 0.2) is 35.2 Å². The van der Waals surface area contributed by atoms with E-state index in [1.807, 2.05) is 6.08 Å². The van der Waals surface area contributed by atoms with E-state index in [1.54, 1.807) is 6.08 Å². The number of hydrogen-bond donors (Lipinski definition) is 1. The lowest BCUT2D eigenvalue weighted by Crippen LogP contribution is -2.43. The summed E-state index contributed by atoms with van der Waals surface area (Å²) in [4.78, 5) is 22.2. The van der Waals surface area contributed by atoms with E-state index in [0.717, 1.165) is 37.1 Å². The van der Waals surface area contributed by atoms with Gasteiger partial charge in [-0.05, 0) is 56.8 Å². The fourth-order valence-corrected chi connectivity index (χ4v) is 5.26. The topological polar surface area (TPSA) is 98.9 Å². The molecule has 0 aromatic rings. The Bertz CT molecular complexity index is 783. The summed E-state index contributed by atoms with van der Waals surface area (Å²) in [7, 11) is 0. The third-order valence-electron chi connectivity index (χ3n) is 6.77. The standard InChI is InChI=1S/C23H32ClNO6/c1-4-16(10-21(14(2)26)25(28)29)9-18-11-17(5-6-20(18)24)22-12-19(30-15(3)27)13-23(31-22)7-8-23/h4,6,16-19,22,26H,1,5,7-13H2,2-3H3/b21-14-/t16?,17?,18?,19-,22-/m1/s1. The van der Waals surface area contributed by atoms with Crippen LogP contribution < -0.4 is 0 Å². The fraction of sp³-hybridized carbons (Fsp3) is 0.696. The number of aliphatic hydroxyl groups is 1. The lowest BCUT2D eigenvalue weighted by molar-refractivity contribution is -0.431. The first-order valence-electron chi connectivity index (χ1n) is 11.0. The van der Waals surface area contributed by atoms with Gasteiger partial charge in [-0.25, -0.2) is 0 Å². The molecule has 7 nitrogen and oxygen atoms in total. The second-order valence-corrected chi connectivity index (χ2v) is 9.69. The van der Waals surface area contributed by atoms with Crippen molar-refractivity contribution in [2.24, 2.45) is 17.8 Å². The van der Waals surface area contributed by atoms with Crippen LogP contribution in [0.2, 0.25) is 0 Å². The lowest BCUT2D eigenvalue weighted by atomic mass is 9.76. The molecule has 1 N–H and O–H groups in total. The molecule has 0 radical (unpaired) electrons. The van der Waals surface area contributed by atoms with E-state index >= 15 is 0 Å². The van der Waals surface area contributed by atoms with Gasteiger partial charge in [0.25, 0.3) is 5.70 Å². The Morgan fingerprint density at radius 3 is 2.74 bits per heavy atom. The number of carbonyl (C=O) groups excluding carboxylic acids is 1. The van der Waals surface area contributed by atoms with E-state index in [2.05, 4.69) is 6.58 Å². The predicted molar refractivity (Wildman–Crippen MR) is 117 cm³/mol. The summed E-state index contributed by atoms with van der Waals surface area (Å²) in [6.45, 7) is 6.61. The Hall–Kier alpha value is -1.86. The molecule has 172 valence electrons. The Kier molecular flexibility index (Phi) is 7.47. The third-order valence-corrected chi connectivity index (χ3v) is 7.23. The highest BCUT2D eigenvalue weighted by atomic mass is 35.5. The molecule has 2 fully saturated rings. The van der Waals surface area contributed by atoms with E-state index in [1.165, 1.54) is 13.8 Å². The minimum absolute atomic E-state index is 0.000200. The van der Waals surface area contributed by atoms with Gasteiger partial charge >= 0.3 is 5.97 Å². The summed E-state index contributed by atoms with van der Waals surface area (Å²) in [5.74, 6) is -0.415. The molecule has 1 spiro atoms. The summed E-state index contributed by atoms with van der Waals surface area (Å²) in [6.07, 6.45) is 9.42. The summed E-state index contributed by atoms with van der Waals surface area (Å²) < 4.78 is 12.0. The summed E-state index contributed by atoms with van der Waals surface area (Å²) in [6, 6.07) is 0. The molecule has 31 heavy (non-hydrogen) atoms. The smallest absolute Gasteiger partial charge is 0.302 e. The van der Waals surface area contributed by atoms with Crippen molar-refractivity contribution in [1.82, 2.24) is 0 Å². The van der Waals surface area contributed by atoms with Crippen LogP contribution in [-0.2, 0) is 14.3 Å². The van der Waals surface area contributed by atoms with Crippen molar-refractivity contribution in [3.05, 3.63) is 45.3 Å². The van der Waals surface area contributed by atoms with Crippen LogP contribution in [0, 0.1) is 27.9 Å². The fourth-order valence-electron chi connectivity index (χ4n) is 5.00. The first-order valence-corrected chi connectivity index (χ1v) is 11.4. The van der Waals surface area contributed by atoms with Gasteiger partial charge in [0.1, 0.15) is 6.10 Å². The average molecular weight is 454 g/mol. The zero-order valence-electron chi connectivity index (χ0n) is 18.2. The monoisotopic (exact) mass is 453 g/mol. The molecule has 3 rings (SSSR count). The Morgan fingerprint density at radius 1 is 1.48 bits per heavy atom. The molecule has 0 amide bonds. The van der Waals surface area contributed by atoms with Gasteiger partial charge in [0.15, 0.2) is 5.76 Å². The lowest BCUT2D eigenvalue weighted by Gasteiger charge is -2.41. The van der Waals surface area contributed by atoms with Crippen molar-refractivity contribution in [2.75, 3.05) is 0 Å². The van der Waals surface area contributed by atoms with Crippen molar-refractivity contribution in [1.29, 1.82) is 0 Å². The average Bonchev–Trinajstić information content (AvgIpc) is 3.42. The molecular formula is C23H32ClNO6. The number of nitrogens with zero attached hydrogens (tertiary/aromatic N) is 1.